The summed E-state index contributed by atoms with van der Waals surface area (Å²) in [5.74, 6) is 0.930. The number of methoxy groups -OCH3 is 1. The first-order chi connectivity index (χ1) is 11.3. The van der Waals surface area contributed by atoms with E-state index in [4.69, 9.17) is 4.74 Å². The summed E-state index contributed by atoms with van der Waals surface area (Å²) in [6, 6.07) is 16.3. The van der Waals surface area contributed by atoms with Gasteiger partial charge in [-0.3, -0.25) is 5.01 Å². The van der Waals surface area contributed by atoms with Crippen LogP contribution in [0.4, 0.5) is 5.69 Å². The smallest absolute Gasteiger partial charge is 0.142 e. The average Bonchev–Trinajstić information content (AvgIpc) is 2.62. The quantitative estimate of drug-likeness (QED) is 0.766. The number of nitrogens with zero attached hydrogens (tertiary/aromatic N) is 3. The fraction of sp³-hybridized carbons (Fsp3) is 0.278. The summed E-state index contributed by atoms with van der Waals surface area (Å²) >= 11 is 3.44. The monoisotopic (exact) mass is 373 g/mol. The van der Waals surface area contributed by atoms with E-state index in [9.17, 15) is 0 Å². The van der Waals surface area contributed by atoms with Gasteiger partial charge in [-0.25, -0.2) is 0 Å². The van der Waals surface area contributed by atoms with Crippen LogP contribution in [0.1, 0.15) is 5.56 Å². The Morgan fingerprint density at radius 1 is 1.00 bits per heavy atom. The molecule has 0 atom stereocenters. The van der Waals surface area contributed by atoms with E-state index in [1.165, 1.54) is 0 Å². The van der Waals surface area contributed by atoms with E-state index >= 15 is 0 Å². The summed E-state index contributed by atoms with van der Waals surface area (Å²) in [5.41, 5.74) is 2.27. The maximum atomic E-state index is 5.45. The topological polar surface area (TPSA) is 28.1 Å². The lowest BCUT2D eigenvalue weighted by Crippen LogP contribution is -2.44. The second kappa shape index (κ2) is 7.51. The Balaban J connectivity index is 1.59. The van der Waals surface area contributed by atoms with E-state index in [0.717, 1.165) is 47.7 Å². The predicted molar refractivity (Wildman–Crippen MR) is 98.5 cm³/mol. The van der Waals surface area contributed by atoms with Crippen molar-refractivity contribution in [1.29, 1.82) is 0 Å². The summed E-state index contributed by atoms with van der Waals surface area (Å²) in [5, 5.41) is 6.71. The third kappa shape index (κ3) is 4.05. The van der Waals surface area contributed by atoms with Crippen molar-refractivity contribution < 1.29 is 4.74 Å². The number of hydrazone groups is 1. The number of hydrogen-bond acceptors (Lipinski definition) is 4. The zero-order valence-corrected chi connectivity index (χ0v) is 14.7. The zero-order valence-electron chi connectivity index (χ0n) is 13.2. The summed E-state index contributed by atoms with van der Waals surface area (Å²) in [6.07, 6.45) is 1.92. The van der Waals surface area contributed by atoms with Crippen molar-refractivity contribution in [2.75, 3.05) is 38.2 Å². The molecule has 0 spiro atoms. The first kappa shape index (κ1) is 15.9. The number of rotatable bonds is 4. The Labute approximate surface area is 145 Å². The molecule has 120 valence electrons. The zero-order chi connectivity index (χ0) is 16.1. The van der Waals surface area contributed by atoms with Crippen molar-refractivity contribution in [3.63, 3.8) is 0 Å². The molecule has 5 heteroatoms. The van der Waals surface area contributed by atoms with E-state index < -0.39 is 0 Å². The molecule has 1 saturated heterocycles. The van der Waals surface area contributed by atoms with Gasteiger partial charge in [0.15, 0.2) is 0 Å². The molecule has 0 bridgehead atoms. The molecule has 0 amide bonds. The molecule has 0 aromatic heterocycles. The largest absolute Gasteiger partial charge is 0.495 e. The molecular formula is C18H20BrN3O. The molecule has 1 aliphatic rings. The van der Waals surface area contributed by atoms with Gasteiger partial charge in [0.2, 0.25) is 0 Å². The van der Waals surface area contributed by atoms with Gasteiger partial charge in [0.25, 0.3) is 0 Å². The van der Waals surface area contributed by atoms with Crippen LogP contribution in [0.25, 0.3) is 0 Å². The highest BCUT2D eigenvalue weighted by atomic mass is 79.9. The molecule has 0 saturated carbocycles. The van der Waals surface area contributed by atoms with Crippen LogP contribution in [0.3, 0.4) is 0 Å². The molecule has 1 fully saturated rings. The number of anilines is 1. The minimum atomic E-state index is 0.908. The summed E-state index contributed by atoms with van der Waals surface area (Å²) in [4.78, 5) is 2.35. The SMILES string of the molecule is COc1ccccc1N1CCN(N=Cc2ccc(Br)cc2)CC1. The van der Waals surface area contributed by atoms with Gasteiger partial charge in [0.1, 0.15) is 5.75 Å². The third-order valence-corrected chi connectivity index (χ3v) is 4.45. The maximum Gasteiger partial charge on any atom is 0.142 e. The van der Waals surface area contributed by atoms with Crippen LogP contribution in [0.5, 0.6) is 5.75 Å². The van der Waals surface area contributed by atoms with E-state index in [0.29, 0.717) is 0 Å². The second-order valence-corrected chi connectivity index (χ2v) is 6.32. The van der Waals surface area contributed by atoms with E-state index in [2.05, 4.69) is 55.2 Å². The number of piperazine rings is 1. The average molecular weight is 374 g/mol. The van der Waals surface area contributed by atoms with E-state index in [-0.39, 0.29) is 0 Å². The molecule has 0 radical (unpaired) electrons. The van der Waals surface area contributed by atoms with Gasteiger partial charge in [-0.05, 0) is 29.8 Å². The highest BCUT2D eigenvalue weighted by Gasteiger charge is 2.18. The summed E-state index contributed by atoms with van der Waals surface area (Å²) in [7, 11) is 1.72. The van der Waals surface area contributed by atoms with Gasteiger partial charge in [0, 0.05) is 17.6 Å². The molecule has 3 rings (SSSR count). The van der Waals surface area contributed by atoms with Crippen LogP contribution in [0, 0.1) is 0 Å². The lowest BCUT2D eigenvalue weighted by atomic mass is 10.2. The molecule has 23 heavy (non-hydrogen) atoms. The normalized spacial score (nSPS) is 15.2. The van der Waals surface area contributed by atoms with E-state index in [1.54, 1.807) is 7.11 Å². The summed E-state index contributed by atoms with van der Waals surface area (Å²) in [6.45, 7) is 3.70. The van der Waals surface area contributed by atoms with Gasteiger partial charge in [-0.1, -0.05) is 40.2 Å². The molecule has 2 aromatic carbocycles. The molecule has 0 unspecified atom stereocenters. The van der Waals surface area contributed by atoms with Crippen LogP contribution in [-0.4, -0.2) is 44.5 Å². The first-order valence-electron chi connectivity index (χ1n) is 7.69. The lowest BCUT2D eigenvalue weighted by Gasteiger charge is -2.35. The second-order valence-electron chi connectivity index (χ2n) is 5.41. The van der Waals surface area contributed by atoms with Gasteiger partial charge in [0.05, 0.1) is 32.1 Å². The van der Waals surface area contributed by atoms with Crippen LogP contribution in [0.15, 0.2) is 58.1 Å². The molecule has 0 aliphatic carbocycles. The molecular weight excluding hydrogens is 354 g/mol. The Bertz CT molecular complexity index is 664. The Kier molecular flexibility index (Phi) is 5.18. The molecule has 4 nitrogen and oxygen atoms in total. The Hall–Kier alpha value is -2.01. The highest BCUT2D eigenvalue weighted by molar-refractivity contribution is 9.10. The Morgan fingerprint density at radius 3 is 2.39 bits per heavy atom. The lowest BCUT2D eigenvalue weighted by molar-refractivity contribution is 0.271. The number of ether oxygens (including phenoxy) is 1. The van der Waals surface area contributed by atoms with Crippen molar-refractivity contribution in [3.8, 4) is 5.75 Å². The van der Waals surface area contributed by atoms with Gasteiger partial charge >= 0.3 is 0 Å². The van der Waals surface area contributed by atoms with Crippen molar-refractivity contribution in [2.45, 2.75) is 0 Å². The highest BCUT2D eigenvalue weighted by Crippen LogP contribution is 2.28. The Morgan fingerprint density at radius 2 is 1.70 bits per heavy atom. The summed E-state index contributed by atoms with van der Waals surface area (Å²) < 4.78 is 6.54. The number of benzene rings is 2. The van der Waals surface area contributed by atoms with Crippen molar-refractivity contribution in [2.24, 2.45) is 5.10 Å². The standard InChI is InChI=1S/C18H20BrN3O/c1-23-18-5-3-2-4-17(18)21-10-12-22(13-11-21)20-14-15-6-8-16(19)9-7-15/h2-9,14H,10-13H2,1H3. The van der Waals surface area contributed by atoms with Crippen molar-refractivity contribution in [1.82, 2.24) is 5.01 Å². The van der Waals surface area contributed by atoms with E-state index in [1.807, 2.05) is 30.5 Å². The molecule has 0 N–H and O–H groups in total. The molecule has 2 aromatic rings. The minimum absolute atomic E-state index is 0.908. The van der Waals surface area contributed by atoms with Crippen molar-refractivity contribution in [3.05, 3.63) is 58.6 Å². The number of para-hydroxylation sites is 2. The predicted octanol–water partition coefficient (Wildman–Crippen LogP) is 3.61. The first-order valence-corrected chi connectivity index (χ1v) is 8.48. The van der Waals surface area contributed by atoms with Crippen LogP contribution < -0.4 is 9.64 Å². The number of halogens is 1. The maximum absolute atomic E-state index is 5.45. The van der Waals surface area contributed by atoms with Gasteiger partial charge in [-0.2, -0.15) is 5.10 Å². The van der Waals surface area contributed by atoms with Gasteiger partial charge in [-0.15, -0.1) is 0 Å². The fourth-order valence-electron chi connectivity index (χ4n) is 2.64. The minimum Gasteiger partial charge on any atom is -0.495 e. The fourth-order valence-corrected chi connectivity index (χ4v) is 2.90. The van der Waals surface area contributed by atoms with Crippen LogP contribution in [0.2, 0.25) is 0 Å². The van der Waals surface area contributed by atoms with Crippen molar-refractivity contribution >= 4 is 27.8 Å². The van der Waals surface area contributed by atoms with Gasteiger partial charge < -0.3 is 9.64 Å². The molecule has 1 aliphatic heterocycles. The number of hydrogen-bond donors (Lipinski definition) is 0. The third-order valence-electron chi connectivity index (χ3n) is 3.92. The van der Waals surface area contributed by atoms with Crippen LogP contribution >= 0.6 is 15.9 Å². The molecule has 1 heterocycles. The van der Waals surface area contributed by atoms with Crippen LogP contribution in [-0.2, 0) is 0 Å².